The second-order valence-electron chi connectivity index (χ2n) is 3.43. The normalized spacial score (nSPS) is 10.3. The first-order valence-electron chi connectivity index (χ1n) is 4.69. The van der Waals surface area contributed by atoms with Crippen molar-refractivity contribution in [1.29, 1.82) is 0 Å². The molecule has 0 aliphatic heterocycles. The van der Waals surface area contributed by atoms with Crippen LogP contribution in [0.5, 0.6) is 11.6 Å². The number of hydrogen-bond acceptors (Lipinski definition) is 3. The molecule has 0 aliphatic rings. The molecule has 1 aromatic carbocycles. The van der Waals surface area contributed by atoms with Gasteiger partial charge in [0.1, 0.15) is 11.4 Å². The number of nitrogens with zero attached hydrogens (tertiary/aromatic N) is 2. The lowest BCUT2D eigenvalue weighted by Crippen LogP contribution is -1.92. The van der Waals surface area contributed by atoms with Crippen molar-refractivity contribution in [2.45, 2.75) is 6.92 Å². The lowest BCUT2D eigenvalue weighted by molar-refractivity contribution is 0.452. The molecule has 78 valence electrons. The van der Waals surface area contributed by atoms with Gasteiger partial charge in [0, 0.05) is 7.05 Å². The minimum atomic E-state index is 0.451. The van der Waals surface area contributed by atoms with E-state index in [-0.39, 0.29) is 0 Å². The van der Waals surface area contributed by atoms with E-state index in [9.17, 15) is 0 Å². The highest BCUT2D eigenvalue weighted by Crippen LogP contribution is 2.27. The van der Waals surface area contributed by atoms with E-state index >= 15 is 0 Å². The molecule has 0 saturated carbocycles. The molecule has 2 rings (SSSR count). The van der Waals surface area contributed by atoms with Crippen molar-refractivity contribution in [3.05, 3.63) is 36.0 Å². The molecule has 15 heavy (non-hydrogen) atoms. The molecule has 4 heteroatoms. The van der Waals surface area contributed by atoms with Crippen molar-refractivity contribution in [2.24, 2.45) is 7.05 Å². The van der Waals surface area contributed by atoms with Crippen molar-refractivity contribution >= 4 is 5.69 Å². The van der Waals surface area contributed by atoms with E-state index in [0.29, 0.717) is 11.6 Å². The Kier molecular flexibility index (Phi) is 2.33. The Labute approximate surface area is 88.3 Å². The van der Waals surface area contributed by atoms with Gasteiger partial charge in [-0.3, -0.25) is 4.68 Å². The summed E-state index contributed by atoms with van der Waals surface area (Å²) in [5.74, 6) is 1.23. The summed E-state index contributed by atoms with van der Waals surface area (Å²) in [5.41, 5.74) is 7.33. The third kappa shape index (κ3) is 1.93. The van der Waals surface area contributed by atoms with Crippen molar-refractivity contribution in [3.8, 4) is 11.6 Å². The number of aryl methyl sites for hydroxylation is 2. The first-order valence-corrected chi connectivity index (χ1v) is 4.69. The van der Waals surface area contributed by atoms with Gasteiger partial charge in [-0.25, -0.2) is 0 Å². The molecule has 4 nitrogen and oxygen atoms in total. The lowest BCUT2D eigenvalue weighted by Gasteiger charge is -2.05. The van der Waals surface area contributed by atoms with Gasteiger partial charge in [0.25, 0.3) is 5.88 Å². The van der Waals surface area contributed by atoms with Crippen LogP contribution in [0, 0.1) is 6.92 Å². The lowest BCUT2D eigenvalue weighted by atomic mass is 10.2. The summed E-state index contributed by atoms with van der Waals surface area (Å²) in [7, 11) is 1.81. The van der Waals surface area contributed by atoms with Crippen LogP contribution in [-0.2, 0) is 7.05 Å². The van der Waals surface area contributed by atoms with Gasteiger partial charge in [-0.1, -0.05) is 18.2 Å². The van der Waals surface area contributed by atoms with Gasteiger partial charge >= 0.3 is 0 Å². The van der Waals surface area contributed by atoms with Crippen LogP contribution in [0.4, 0.5) is 5.69 Å². The zero-order valence-corrected chi connectivity index (χ0v) is 8.77. The van der Waals surface area contributed by atoms with Crippen LogP contribution in [-0.4, -0.2) is 9.78 Å². The first-order chi connectivity index (χ1) is 7.16. The van der Waals surface area contributed by atoms with Gasteiger partial charge in [-0.05, 0) is 18.6 Å². The average molecular weight is 203 g/mol. The molecule has 0 aliphatic carbocycles. The molecule has 0 radical (unpaired) electrons. The Morgan fingerprint density at radius 1 is 1.33 bits per heavy atom. The Bertz CT molecular complexity index is 476. The van der Waals surface area contributed by atoms with Gasteiger partial charge in [0.2, 0.25) is 0 Å². The molecule has 1 aromatic heterocycles. The third-order valence-corrected chi connectivity index (χ3v) is 2.12. The SMILES string of the molecule is Cc1ccccc1Oc1nn(C)cc1N. The van der Waals surface area contributed by atoms with Gasteiger partial charge in [-0.15, -0.1) is 5.10 Å². The van der Waals surface area contributed by atoms with Crippen LogP contribution < -0.4 is 10.5 Å². The summed E-state index contributed by atoms with van der Waals surface area (Å²) in [6.45, 7) is 1.98. The molecular formula is C11H13N3O. The monoisotopic (exact) mass is 203 g/mol. The predicted octanol–water partition coefficient (Wildman–Crippen LogP) is 2.10. The molecule has 2 N–H and O–H groups in total. The van der Waals surface area contributed by atoms with Crippen LogP contribution in [0.1, 0.15) is 5.56 Å². The van der Waals surface area contributed by atoms with Crippen LogP contribution in [0.25, 0.3) is 0 Å². The van der Waals surface area contributed by atoms with Crippen molar-refractivity contribution < 1.29 is 4.74 Å². The van der Waals surface area contributed by atoms with Gasteiger partial charge in [0.15, 0.2) is 0 Å². The Morgan fingerprint density at radius 2 is 2.07 bits per heavy atom. The third-order valence-electron chi connectivity index (χ3n) is 2.12. The van der Waals surface area contributed by atoms with Gasteiger partial charge < -0.3 is 10.5 Å². The Balaban J connectivity index is 2.29. The minimum absolute atomic E-state index is 0.451. The number of rotatable bonds is 2. The summed E-state index contributed by atoms with van der Waals surface area (Å²) < 4.78 is 7.23. The molecule has 0 spiro atoms. The molecule has 0 bridgehead atoms. The fraction of sp³-hybridized carbons (Fsp3) is 0.182. The van der Waals surface area contributed by atoms with E-state index in [0.717, 1.165) is 11.3 Å². The molecule has 2 aromatic rings. The number of hydrogen-bond donors (Lipinski definition) is 1. The van der Waals surface area contributed by atoms with E-state index in [1.165, 1.54) is 0 Å². The summed E-state index contributed by atoms with van der Waals surface area (Å²) in [6, 6.07) is 7.75. The molecule has 0 unspecified atom stereocenters. The number of nitrogen functional groups attached to an aromatic ring is 1. The molecule has 1 heterocycles. The van der Waals surface area contributed by atoms with Gasteiger partial charge in [0.05, 0.1) is 6.20 Å². The van der Waals surface area contributed by atoms with E-state index in [2.05, 4.69) is 5.10 Å². The van der Waals surface area contributed by atoms with E-state index < -0.39 is 0 Å². The molecule has 0 amide bonds. The zero-order chi connectivity index (χ0) is 10.8. The zero-order valence-electron chi connectivity index (χ0n) is 8.77. The van der Waals surface area contributed by atoms with Crippen LogP contribution in [0.15, 0.2) is 30.5 Å². The summed E-state index contributed by atoms with van der Waals surface area (Å²) in [6.07, 6.45) is 1.72. The summed E-state index contributed by atoms with van der Waals surface area (Å²) >= 11 is 0. The molecule has 0 atom stereocenters. The fourth-order valence-corrected chi connectivity index (χ4v) is 1.34. The average Bonchev–Trinajstić information content (AvgIpc) is 2.49. The standard InChI is InChI=1S/C11H13N3O/c1-8-5-3-4-6-10(8)15-11-9(12)7-14(2)13-11/h3-7H,12H2,1-2H3. The predicted molar refractivity (Wildman–Crippen MR) is 58.9 cm³/mol. The van der Waals surface area contributed by atoms with E-state index in [1.54, 1.807) is 17.9 Å². The smallest absolute Gasteiger partial charge is 0.261 e. The molecule has 0 saturated heterocycles. The number of ether oxygens (including phenoxy) is 1. The maximum atomic E-state index is 5.73. The largest absolute Gasteiger partial charge is 0.436 e. The van der Waals surface area contributed by atoms with Crippen molar-refractivity contribution in [2.75, 3.05) is 5.73 Å². The number of aromatic nitrogens is 2. The van der Waals surface area contributed by atoms with Crippen LogP contribution in [0.2, 0.25) is 0 Å². The van der Waals surface area contributed by atoms with Crippen molar-refractivity contribution in [1.82, 2.24) is 9.78 Å². The Hall–Kier alpha value is -1.97. The topological polar surface area (TPSA) is 53.1 Å². The maximum absolute atomic E-state index is 5.73. The number of anilines is 1. The van der Waals surface area contributed by atoms with Crippen molar-refractivity contribution in [3.63, 3.8) is 0 Å². The highest BCUT2D eigenvalue weighted by molar-refractivity contribution is 5.48. The van der Waals surface area contributed by atoms with Crippen LogP contribution in [0.3, 0.4) is 0 Å². The summed E-state index contributed by atoms with van der Waals surface area (Å²) in [4.78, 5) is 0. The second kappa shape index (κ2) is 3.65. The Morgan fingerprint density at radius 3 is 2.67 bits per heavy atom. The second-order valence-corrected chi connectivity index (χ2v) is 3.43. The van der Waals surface area contributed by atoms with E-state index in [4.69, 9.17) is 10.5 Å². The first kappa shape index (κ1) is 9.58. The molecule has 0 fully saturated rings. The molecular weight excluding hydrogens is 190 g/mol. The number of nitrogens with two attached hydrogens (primary N) is 1. The number of para-hydroxylation sites is 1. The number of benzene rings is 1. The highest BCUT2D eigenvalue weighted by Gasteiger charge is 2.07. The quantitative estimate of drug-likeness (QED) is 0.813. The maximum Gasteiger partial charge on any atom is 0.261 e. The summed E-state index contributed by atoms with van der Waals surface area (Å²) in [5, 5.41) is 4.12. The minimum Gasteiger partial charge on any atom is -0.436 e. The fourth-order valence-electron chi connectivity index (χ4n) is 1.34. The van der Waals surface area contributed by atoms with Crippen LogP contribution >= 0.6 is 0 Å². The van der Waals surface area contributed by atoms with Gasteiger partial charge in [-0.2, -0.15) is 0 Å². The van der Waals surface area contributed by atoms with E-state index in [1.807, 2.05) is 31.2 Å². The highest BCUT2D eigenvalue weighted by atomic mass is 16.5.